The number of pyridine rings is 1. The number of nitrogens with zero attached hydrogens (tertiary/aromatic N) is 2. The first-order valence-electron chi connectivity index (χ1n) is 6.69. The number of carbonyl (C=O) groups is 1. The Bertz CT molecular complexity index is 862. The van der Waals surface area contributed by atoms with Crippen LogP contribution in [0.5, 0.6) is 0 Å². The summed E-state index contributed by atoms with van der Waals surface area (Å²) in [6, 6.07) is 10.7. The molecule has 4 nitrogen and oxygen atoms in total. The van der Waals surface area contributed by atoms with Gasteiger partial charge in [0.15, 0.2) is 0 Å². The molecule has 23 heavy (non-hydrogen) atoms. The van der Waals surface area contributed by atoms with Crippen LogP contribution in [0.15, 0.2) is 42.6 Å². The number of carbonyl (C=O) groups excluding carboxylic acids is 1. The van der Waals surface area contributed by atoms with Gasteiger partial charge < -0.3 is 5.32 Å². The van der Waals surface area contributed by atoms with E-state index in [0.717, 1.165) is 10.6 Å². The van der Waals surface area contributed by atoms with Crippen molar-refractivity contribution >= 4 is 46.3 Å². The summed E-state index contributed by atoms with van der Waals surface area (Å²) in [6.45, 7) is 1.80. The molecule has 3 rings (SSSR count). The van der Waals surface area contributed by atoms with Gasteiger partial charge >= 0.3 is 0 Å². The minimum atomic E-state index is -0.247. The number of hydrogen-bond donors (Lipinski definition) is 1. The maximum Gasteiger partial charge on any atom is 0.268 e. The fourth-order valence-corrected chi connectivity index (χ4v) is 3.23. The number of rotatable bonds is 3. The Morgan fingerprint density at radius 1 is 1.17 bits per heavy atom. The van der Waals surface area contributed by atoms with Crippen LogP contribution in [0.1, 0.15) is 15.4 Å². The number of aryl methyl sites for hydroxylation is 1. The SMILES string of the molecule is Cc1nc(-c2cccc(Cl)c2)sc1C(=O)Nc1ccc(Cl)cn1. The molecule has 0 aliphatic carbocycles. The van der Waals surface area contributed by atoms with Crippen LogP contribution in [-0.4, -0.2) is 15.9 Å². The average molecular weight is 364 g/mol. The molecule has 0 unspecified atom stereocenters. The summed E-state index contributed by atoms with van der Waals surface area (Å²) in [4.78, 5) is 21.4. The Labute approximate surface area is 147 Å². The molecule has 0 radical (unpaired) electrons. The molecule has 0 aliphatic heterocycles. The van der Waals surface area contributed by atoms with Gasteiger partial charge in [0.05, 0.1) is 10.7 Å². The van der Waals surface area contributed by atoms with Crippen molar-refractivity contribution in [1.29, 1.82) is 0 Å². The molecule has 0 fully saturated rings. The molecule has 1 aromatic carbocycles. The van der Waals surface area contributed by atoms with Crippen molar-refractivity contribution in [3.63, 3.8) is 0 Å². The van der Waals surface area contributed by atoms with E-state index in [1.54, 1.807) is 25.1 Å². The van der Waals surface area contributed by atoms with E-state index in [1.165, 1.54) is 17.5 Å². The topological polar surface area (TPSA) is 54.9 Å². The van der Waals surface area contributed by atoms with E-state index < -0.39 is 0 Å². The van der Waals surface area contributed by atoms with Gasteiger partial charge in [0.2, 0.25) is 0 Å². The highest BCUT2D eigenvalue weighted by Gasteiger charge is 2.17. The average Bonchev–Trinajstić information content (AvgIpc) is 2.92. The zero-order valence-electron chi connectivity index (χ0n) is 12.0. The molecule has 0 aliphatic rings. The first kappa shape index (κ1) is 15.9. The zero-order valence-corrected chi connectivity index (χ0v) is 14.3. The molecule has 7 heteroatoms. The van der Waals surface area contributed by atoms with Crippen LogP contribution in [-0.2, 0) is 0 Å². The minimum absolute atomic E-state index is 0.247. The van der Waals surface area contributed by atoms with E-state index in [0.29, 0.717) is 26.4 Å². The quantitative estimate of drug-likeness (QED) is 0.706. The highest BCUT2D eigenvalue weighted by atomic mass is 35.5. The number of aromatic nitrogens is 2. The van der Waals surface area contributed by atoms with Crippen molar-refractivity contribution in [1.82, 2.24) is 9.97 Å². The second-order valence-corrected chi connectivity index (χ2v) is 6.63. The third-order valence-corrected chi connectivity index (χ3v) is 4.71. The standard InChI is InChI=1S/C16H11Cl2N3OS/c1-9-14(15(22)21-13-6-5-12(18)8-19-13)23-16(20-9)10-3-2-4-11(17)7-10/h2-8H,1H3,(H,19,21,22). The van der Waals surface area contributed by atoms with E-state index in [2.05, 4.69) is 15.3 Å². The lowest BCUT2D eigenvalue weighted by Gasteiger charge is -2.02. The van der Waals surface area contributed by atoms with E-state index >= 15 is 0 Å². The second-order valence-electron chi connectivity index (χ2n) is 4.76. The lowest BCUT2D eigenvalue weighted by Crippen LogP contribution is -2.12. The number of benzene rings is 1. The molecule has 0 bridgehead atoms. The summed E-state index contributed by atoms with van der Waals surface area (Å²) in [5, 5.41) is 4.63. The van der Waals surface area contributed by atoms with Gasteiger partial charge in [-0.2, -0.15) is 0 Å². The summed E-state index contributed by atoms with van der Waals surface area (Å²) in [5.41, 5.74) is 1.55. The molecule has 1 N–H and O–H groups in total. The molecule has 3 aromatic rings. The van der Waals surface area contributed by atoms with E-state index in [9.17, 15) is 4.79 Å². The van der Waals surface area contributed by atoms with Crippen LogP contribution >= 0.6 is 34.5 Å². The Morgan fingerprint density at radius 3 is 2.70 bits per heavy atom. The van der Waals surface area contributed by atoms with Crippen LogP contribution < -0.4 is 5.32 Å². The predicted molar refractivity (Wildman–Crippen MR) is 94.5 cm³/mol. The van der Waals surface area contributed by atoms with Gasteiger partial charge in [-0.05, 0) is 31.2 Å². The number of hydrogen-bond acceptors (Lipinski definition) is 4. The summed E-state index contributed by atoms with van der Waals surface area (Å²) < 4.78 is 0. The summed E-state index contributed by atoms with van der Waals surface area (Å²) >= 11 is 13.1. The molecular weight excluding hydrogens is 353 g/mol. The maximum absolute atomic E-state index is 12.4. The molecule has 2 aromatic heterocycles. The van der Waals surface area contributed by atoms with Gasteiger partial charge in [0.25, 0.3) is 5.91 Å². The van der Waals surface area contributed by atoms with Gasteiger partial charge in [0.1, 0.15) is 15.7 Å². The van der Waals surface area contributed by atoms with Gasteiger partial charge in [-0.15, -0.1) is 11.3 Å². The fourth-order valence-electron chi connectivity index (χ4n) is 1.97. The zero-order chi connectivity index (χ0) is 16.4. The van der Waals surface area contributed by atoms with Crippen molar-refractivity contribution in [2.75, 3.05) is 5.32 Å². The van der Waals surface area contributed by atoms with Crippen LogP contribution in [0.25, 0.3) is 10.6 Å². The number of anilines is 1. The van der Waals surface area contributed by atoms with Gasteiger partial charge in [-0.25, -0.2) is 9.97 Å². The largest absolute Gasteiger partial charge is 0.306 e. The Hall–Kier alpha value is -1.95. The predicted octanol–water partition coefficient (Wildman–Crippen LogP) is 5.07. The smallest absolute Gasteiger partial charge is 0.268 e. The number of halogens is 2. The van der Waals surface area contributed by atoms with Gasteiger partial charge in [-0.1, -0.05) is 35.3 Å². The number of amides is 1. The minimum Gasteiger partial charge on any atom is -0.306 e. The Balaban J connectivity index is 1.85. The monoisotopic (exact) mass is 363 g/mol. The lowest BCUT2D eigenvalue weighted by atomic mass is 10.2. The van der Waals surface area contributed by atoms with Crippen LogP contribution in [0.4, 0.5) is 5.82 Å². The first-order chi connectivity index (χ1) is 11.0. The van der Waals surface area contributed by atoms with Crippen LogP contribution in [0, 0.1) is 6.92 Å². The summed E-state index contributed by atoms with van der Waals surface area (Å²) in [5.74, 6) is 0.194. The van der Waals surface area contributed by atoms with Gasteiger partial charge in [-0.3, -0.25) is 4.79 Å². The summed E-state index contributed by atoms with van der Waals surface area (Å²) in [6.07, 6.45) is 1.48. The van der Waals surface area contributed by atoms with E-state index in [-0.39, 0.29) is 5.91 Å². The molecule has 0 spiro atoms. The van der Waals surface area contributed by atoms with Crippen LogP contribution in [0.2, 0.25) is 10.0 Å². The normalized spacial score (nSPS) is 10.6. The highest BCUT2D eigenvalue weighted by molar-refractivity contribution is 7.17. The third-order valence-electron chi connectivity index (χ3n) is 3.04. The Kier molecular flexibility index (Phi) is 4.61. The second kappa shape index (κ2) is 6.66. The molecule has 0 atom stereocenters. The maximum atomic E-state index is 12.4. The van der Waals surface area contributed by atoms with Crippen molar-refractivity contribution in [3.05, 3.63) is 63.2 Å². The Morgan fingerprint density at radius 2 is 2.00 bits per heavy atom. The molecule has 0 saturated heterocycles. The highest BCUT2D eigenvalue weighted by Crippen LogP contribution is 2.29. The summed E-state index contributed by atoms with van der Waals surface area (Å²) in [7, 11) is 0. The van der Waals surface area contributed by atoms with Crippen molar-refractivity contribution < 1.29 is 4.79 Å². The molecule has 0 saturated carbocycles. The van der Waals surface area contributed by atoms with E-state index in [1.807, 2.05) is 18.2 Å². The van der Waals surface area contributed by atoms with Crippen molar-refractivity contribution in [2.45, 2.75) is 6.92 Å². The van der Waals surface area contributed by atoms with Crippen LogP contribution in [0.3, 0.4) is 0 Å². The fraction of sp³-hybridized carbons (Fsp3) is 0.0625. The third kappa shape index (κ3) is 3.69. The first-order valence-corrected chi connectivity index (χ1v) is 8.26. The van der Waals surface area contributed by atoms with Crippen molar-refractivity contribution in [2.24, 2.45) is 0 Å². The molecular formula is C16H11Cl2N3OS. The van der Waals surface area contributed by atoms with Crippen molar-refractivity contribution in [3.8, 4) is 10.6 Å². The molecule has 116 valence electrons. The number of thiazole rings is 1. The number of nitrogens with one attached hydrogen (secondary N) is 1. The molecule has 2 heterocycles. The molecule has 1 amide bonds. The van der Waals surface area contributed by atoms with Gasteiger partial charge in [0, 0.05) is 16.8 Å². The van der Waals surface area contributed by atoms with E-state index in [4.69, 9.17) is 23.2 Å². The lowest BCUT2D eigenvalue weighted by molar-refractivity contribution is 0.102.